The van der Waals surface area contributed by atoms with E-state index in [2.05, 4.69) is 5.32 Å². The molecular weight excluding hydrogens is 582 g/mol. The van der Waals surface area contributed by atoms with Crippen molar-refractivity contribution in [3.63, 3.8) is 0 Å². The van der Waals surface area contributed by atoms with Crippen LogP contribution in [0.1, 0.15) is 30.0 Å². The highest BCUT2D eigenvalue weighted by Gasteiger charge is 2.35. The van der Waals surface area contributed by atoms with Gasteiger partial charge < -0.3 is 10.2 Å². The molecule has 4 rings (SSSR count). The van der Waals surface area contributed by atoms with Gasteiger partial charge in [0.25, 0.3) is 10.0 Å². The van der Waals surface area contributed by atoms with Gasteiger partial charge in [-0.25, -0.2) is 8.42 Å². The highest BCUT2D eigenvalue weighted by Crippen LogP contribution is 2.30. The lowest BCUT2D eigenvalue weighted by Gasteiger charge is -2.34. The van der Waals surface area contributed by atoms with E-state index >= 15 is 0 Å². The molecule has 9 heteroatoms. The third kappa shape index (κ3) is 8.24. The van der Waals surface area contributed by atoms with Crippen molar-refractivity contribution in [2.45, 2.75) is 44.2 Å². The van der Waals surface area contributed by atoms with Crippen LogP contribution in [0.2, 0.25) is 5.02 Å². The van der Waals surface area contributed by atoms with E-state index in [4.69, 9.17) is 11.6 Å². The summed E-state index contributed by atoms with van der Waals surface area (Å²) >= 11 is 6.32. The Morgan fingerprint density at radius 1 is 0.837 bits per heavy atom. The molecule has 0 aliphatic rings. The first-order valence-electron chi connectivity index (χ1n) is 14.2. The van der Waals surface area contributed by atoms with Crippen LogP contribution >= 0.6 is 11.6 Å². The Labute approximate surface area is 259 Å². The van der Waals surface area contributed by atoms with Crippen molar-refractivity contribution in [3.8, 4) is 0 Å². The Bertz CT molecular complexity index is 1620. The van der Waals surface area contributed by atoms with Gasteiger partial charge >= 0.3 is 0 Å². The summed E-state index contributed by atoms with van der Waals surface area (Å²) in [4.78, 5) is 29.6. The van der Waals surface area contributed by atoms with E-state index < -0.39 is 28.5 Å². The minimum absolute atomic E-state index is 0.0401. The number of anilines is 1. The molecule has 0 aliphatic heterocycles. The molecule has 0 aromatic heterocycles. The molecule has 2 amide bonds. The zero-order valence-electron chi connectivity index (χ0n) is 24.3. The molecule has 4 aromatic carbocycles. The Kier molecular flexibility index (Phi) is 11.0. The minimum atomic E-state index is -4.19. The molecule has 7 nitrogen and oxygen atoms in total. The highest BCUT2D eigenvalue weighted by atomic mass is 35.5. The van der Waals surface area contributed by atoms with Crippen LogP contribution in [0.15, 0.2) is 114 Å². The lowest BCUT2D eigenvalue weighted by molar-refractivity contribution is -0.140. The number of rotatable bonds is 13. The van der Waals surface area contributed by atoms with Gasteiger partial charge in [-0.2, -0.15) is 0 Å². The summed E-state index contributed by atoms with van der Waals surface area (Å²) in [5, 5.41) is 3.29. The van der Waals surface area contributed by atoms with Crippen molar-refractivity contribution in [2.75, 3.05) is 17.4 Å². The van der Waals surface area contributed by atoms with Gasteiger partial charge in [-0.1, -0.05) is 103 Å². The molecule has 0 heterocycles. The van der Waals surface area contributed by atoms with E-state index in [1.165, 1.54) is 17.0 Å². The third-order valence-electron chi connectivity index (χ3n) is 7.07. The molecule has 4 aromatic rings. The summed E-state index contributed by atoms with van der Waals surface area (Å²) in [6, 6.07) is 30.9. The van der Waals surface area contributed by atoms with Crippen molar-refractivity contribution < 1.29 is 18.0 Å². The van der Waals surface area contributed by atoms with E-state index in [9.17, 15) is 18.0 Å². The molecule has 0 spiro atoms. The van der Waals surface area contributed by atoms with Gasteiger partial charge in [0, 0.05) is 24.5 Å². The second-order valence-corrected chi connectivity index (χ2v) is 12.6. The van der Waals surface area contributed by atoms with E-state index in [-0.39, 0.29) is 23.8 Å². The first-order chi connectivity index (χ1) is 20.7. The lowest BCUT2D eigenvalue weighted by Crippen LogP contribution is -2.53. The fraction of sp³-hybridized carbons (Fsp3) is 0.235. The summed E-state index contributed by atoms with van der Waals surface area (Å²) in [5.74, 6) is -0.818. The molecule has 0 aliphatic carbocycles. The van der Waals surface area contributed by atoms with Crippen LogP contribution in [0.25, 0.3) is 0 Å². The first-order valence-corrected chi connectivity index (χ1v) is 16.0. The predicted octanol–water partition coefficient (Wildman–Crippen LogP) is 6.01. The Balaban J connectivity index is 1.80. The maximum absolute atomic E-state index is 14.4. The molecule has 1 atom stereocenters. The van der Waals surface area contributed by atoms with E-state index in [1.807, 2.05) is 67.6 Å². The van der Waals surface area contributed by atoms with E-state index in [0.717, 1.165) is 21.9 Å². The number of carbonyl (C=O) groups excluding carboxylic acids is 2. The fourth-order valence-electron chi connectivity index (χ4n) is 4.78. The molecule has 0 fully saturated rings. The van der Waals surface area contributed by atoms with Crippen molar-refractivity contribution in [3.05, 3.63) is 131 Å². The van der Waals surface area contributed by atoms with Crippen LogP contribution in [-0.2, 0) is 32.6 Å². The highest BCUT2D eigenvalue weighted by molar-refractivity contribution is 7.92. The Morgan fingerprint density at radius 3 is 2.02 bits per heavy atom. The number of nitrogens with one attached hydrogen (secondary N) is 1. The zero-order chi connectivity index (χ0) is 30.8. The molecule has 224 valence electrons. The van der Waals surface area contributed by atoms with Crippen LogP contribution in [0.5, 0.6) is 0 Å². The third-order valence-corrected chi connectivity index (χ3v) is 9.08. The average Bonchev–Trinajstić information content (AvgIpc) is 3.03. The number of hydrogen-bond acceptors (Lipinski definition) is 4. The molecule has 0 saturated carbocycles. The first kappa shape index (κ1) is 31.8. The summed E-state index contributed by atoms with van der Waals surface area (Å²) < 4.78 is 29.3. The van der Waals surface area contributed by atoms with E-state index in [1.54, 1.807) is 43.3 Å². The lowest BCUT2D eigenvalue weighted by atomic mass is 10.0. The van der Waals surface area contributed by atoms with Crippen molar-refractivity contribution >= 4 is 39.1 Å². The second kappa shape index (κ2) is 14.8. The number of nitrogens with zero attached hydrogens (tertiary/aromatic N) is 2. The van der Waals surface area contributed by atoms with Crippen LogP contribution < -0.4 is 9.62 Å². The molecule has 0 bridgehead atoms. The van der Waals surface area contributed by atoms with Crippen LogP contribution in [-0.4, -0.2) is 44.3 Å². The maximum Gasteiger partial charge on any atom is 0.264 e. The summed E-state index contributed by atoms with van der Waals surface area (Å²) in [5.41, 5.74) is 2.62. The smallest absolute Gasteiger partial charge is 0.264 e. The van der Waals surface area contributed by atoms with Crippen LogP contribution in [0, 0.1) is 6.92 Å². The fourth-order valence-corrected chi connectivity index (χ4v) is 6.44. The van der Waals surface area contributed by atoms with Crippen molar-refractivity contribution in [1.82, 2.24) is 10.2 Å². The largest absolute Gasteiger partial charge is 0.354 e. The van der Waals surface area contributed by atoms with Gasteiger partial charge in [0.05, 0.1) is 10.6 Å². The van der Waals surface area contributed by atoms with Gasteiger partial charge in [0.2, 0.25) is 11.8 Å². The zero-order valence-corrected chi connectivity index (χ0v) is 25.9. The standard InChI is InChI=1S/C34H36ClN3O4S/c1-3-21-36-34(40)32(22-27-13-7-4-8-14-27)37(24-28-15-9-5-10-16-28)33(39)25-38(31-23-29(35)20-19-26(31)2)43(41,42)30-17-11-6-12-18-30/h4-20,23,32H,3,21-22,24-25H2,1-2H3,(H,36,40)/t32-/m1/s1. The molecule has 0 radical (unpaired) electrons. The van der Waals surface area contributed by atoms with Gasteiger partial charge in [-0.15, -0.1) is 0 Å². The van der Waals surface area contributed by atoms with Gasteiger partial charge in [-0.05, 0) is 54.3 Å². The number of amides is 2. The molecule has 0 saturated heterocycles. The molecular formula is C34H36ClN3O4S. The number of carbonyl (C=O) groups is 2. The SMILES string of the molecule is CCCNC(=O)[C@@H](Cc1ccccc1)N(Cc1ccccc1)C(=O)CN(c1cc(Cl)ccc1C)S(=O)(=O)c1ccccc1. The number of halogens is 1. The quantitative estimate of drug-likeness (QED) is 0.199. The minimum Gasteiger partial charge on any atom is -0.354 e. The molecule has 0 unspecified atom stereocenters. The van der Waals surface area contributed by atoms with Crippen molar-refractivity contribution in [2.24, 2.45) is 0 Å². The number of hydrogen-bond donors (Lipinski definition) is 1. The Morgan fingerprint density at radius 2 is 1.42 bits per heavy atom. The van der Waals surface area contributed by atoms with E-state index in [0.29, 0.717) is 22.8 Å². The second-order valence-electron chi connectivity index (χ2n) is 10.3. The summed E-state index contributed by atoms with van der Waals surface area (Å²) in [6.07, 6.45) is 0.990. The van der Waals surface area contributed by atoms with Gasteiger partial charge in [0.1, 0.15) is 12.6 Å². The number of sulfonamides is 1. The monoisotopic (exact) mass is 617 g/mol. The summed E-state index contributed by atoms with van der Waals surface area (Å²) in [7, 11) is -4.19. The molecule has 1 N–H and O–H groups in total. The van der Waals surface area contributed by atoms with Crippen LogP contribution in [0.4, 0.5) is 5.69 Å². The average molecular weight is 618 g/mol. The maximum atomic E-state index is 14.4. The predicted molar refractivity (Wildman–Crippen MR) is 171 cm³/mol. The summed E-state index contributed by atoms with van der Waals surface area (Å²) in [6.45, 7) is 3.76. The Hall–Kier alpha value is -4.14. The number of benzene rings is 4. The topological polar surface area (TPSA) is 86.8 Å². The van der Waals surface area contributed by atoms with Crippen LogP contribution in [0.3, 0.4) is 0 Å². The molecule has 43 heavy (non-hydrogen) atoms. The van der Waals surface area contributed by atoms with Gasteiger partial charge in [0.15, 0.2) is 0 Å². The number of aryl methyl sites for hydroxylation is 1. The van der Waals surface area contributed by atoms with Gasteiger partial charge in [-0.3, -0.25) is 13.9 Å². The normalized spacial score (nSPS) is 11.9. The van der Waals surface area contributed by atoms with Crippen molar-refractivity contribution in [1.29, 1.82) is 0 Å².